The molecule has 0 aliphatic heterocycles. The van der Waals surface area contributed by atoms with Gasteiger partial charge in [0.1, 0.15) is 0 Å². The molecule has 1 unspecified atom stereocenters. The summed E-state index contributed by atoms with van der Waals surface area (Å²) in [4.78, 5) is 0. The number of alkyl halides is 2. The summed E-state index contributed by atoms with van der Waals surface area (Å²) in [6.07, 6.45) is 2.60. The van der Waals surface area contributed by atoms with Gasteiger partial charge in [0.2, 0.25) is 5.92 Å². The first-order valence-electron chi connectivity index (χ1n) is 3.98. The van der Waals surface area contributed by atoms with Gasteiger partial charge >= 0.3 is 0 Å². The minimum Gasteiger partial charge on any atom is -0.207 e. The standard InChI is InChI=1S/C8H14F2/c1-7-3-2-5-8(9,10)6-4-7/h7H,2-6H2,1H3. The van der Waals surface area contributed by atoms with Crippen LogP contribution in [0.15, 0.2) is 0 Å². The quantitative estimate of drug-likeness (QED) is 0.463. The van der Waals surface area contributed by atoms with Crippen molar-refractivity contribution in [3.63, 3.8) is 0 Å². The molecule has 0 aromatic rings. The summed E-state index contributed by atoms with van der Waals surface area (Å²) in [5.74, 6) is -1.85. The van der Waals surface area contributed by atoms with Gasteiger partial charge in [0.05, 0.1) is 0 Å². The molecule has 1 saturated carbocycles. The molecule has 1 atom stereocenters. The van der Waals surface area contributed by atoms with E-state index in [9.17, 15) is 8.78 Å². The Kier molecular flexibility index (Phi) is 2.27. The third kappa shape index (κ3) is 2.24. The molecular weight excluding hydrogens is 134 g/mol. The van der Waals surface area contributed by atoms with Crippen molar-refractivity contribution in [3.05, 3.63) is 0 Å². The first-order chi connectivity index (χ1) is 4.60. The second kappa shape index (κ2) is 2.85. The van der Waals surface area contributed by atoms with Gasteiger partial charge in [0.15, 0.2) is 0 Å². The number of halogens is 2. The van der Waals surface area contributed by atoms with Crippen LogP contribution in [0, 0.1) is 5.92 Å². The lowest BCUT2D eigenvalue weighted by atomic mass is 10.0. The summed E-state index contributed by atoms with van der Waals surface area (Å²) in [5.41, 5.74) is 0. The molecule has 1 fully saturated rings. The Balaban J connectivity index is 2.41. The molecule has 0 heterocycles. The Bertz CT molecular complexity index is 110. The van der Waals surface area contributed by atoms with Crippen LogP contribution in [0.3, 0.4) is 0 Å². The van der Waals surface area contributed by atoms with Crippen molar-refractivity contribution in [2.75, 3.05) is 0 Å². The first-order valence-corrected chi connectivity index (χ1v) is 3.98. The number of hydrogen-bond acceptors (Lipinski definition) is 0. The van der Waals surface area contributed by atoms with Gasteiger partial charge < -0.3 is 0 Å². The van der Waals surface area contributed by atoms with E-state index in [4.69, 9.17) is 0 Å². The van der Waals surface area contributed by atoms with Crippen molar-refractivity contribution >= 4 is 0 Å². The summed E-state index contributed by atoms with van der Waals surface area (Å²) in [7, 11) is 0. The minimum absolute atomic E-state index is 0.105. The van der Waals surface area contributed by atoms with Crippen LogP contribution in [0.25, 0.3) is 0 Å². The highest BCUT2D eigenvalue weighted by Crippen LogP contribution is 2.33. The second-order valence-corrected chi connectivity index (χ2v) is 3.39. The fraction of sp³-hybridized carbons (Fsp3) is 1.00. The fourth-order valence-electron chi connectivity index (χ4n) is 1.44. The zero-order chi connectivity index (χ0) is 7.61. The molecule has 1 aliphatic rings. The third-order valence-electron chi connectivity index (χ3n) is 2.24. The van der Waals surface area contributed by atoms with Crippen LogP contribution in [-0.2, 0) is 0 Å². The highest BCUT2D eigenvalue weighted by atomic mass is 19.3. The van der Waals surface area contributed by atoms with Crippen LogP contribution in [0.2, 0.25) is 0 Å². The van der Waals surface area contributed by atoms with E-state index in [1.165, 1.54) is 0 Å². The summed E-state index contributed by atoms with van der Waals surface area (Å²) < 4.78 is 25.3. The molecular formula is C8H14F2. The zero-order valence-corrected chi connectivity index (χ0v) is 6.37. The van der Waals surface area contributed by atoms with E-state index in [2.05, 4.69) is 6.92 Å². The van der Waals surface area contributed by atoms with Gasteiger partial charge in [0, 0.05) is 12.8 Å². The molecule has 1 aliphatic carbocycles. The molecule has 2 heteroatoms. The van der Waals surface area contributed by atoms with E-state index in [1.807, 2.05) is 0 Å². The number of hydrogen-bond donors (Lipinski definition) is 0. The highest BCUT2D eigenvalue weighted by molar-refractivity contribution is 4.72. The van der Waals surface area contributed by atoms with Gasteiger partial charge in [-0.25, -0.2) is 8.78 Å². The molecule has 0 aromatic heterocycles. The van der Waals surface area contributed by atoms with Gasteiger partial charge in [-0.05, 0) is 18.8 Å². The Labute approximate surface area is 60.6 Å². The Morgan fingerprint density at radius 3 is 2.60 bits per heavy atom. The largest absolute Gasteiger partial charge is 0.248 e. The third-order valence-corrected chi connectivity index (χ3v) is 2.24. The van der Waals surface area contributed by atoms with Crippen LogP contribution in [0.1, 0.15) is 39.0 Å². The molecule has 0 spiro atoms. The SMILES string of the molecule is CC1CCCC(F)(F)CC1. The van der Waals surface area contributed by atoms with Gasteiger partial charge in [-0.15, -0.1) is 0 Å². The molecule has 0 aromatic carbocycles. The van der Waals surface area contributed by atoms with Gasteiger partial charge in [-0.1, -0.05) is 13.3 Å². The molecule has 0 nitrogen and oxygen atoms in total. The molecule has 0 amide bonds. The van der Waals surface area contributed by atoms with Crippen molar-refractivity contribution in [1.82, 2.24) is 0 Å². The maximum atomic E-state index is 12.6. The van der Waals surface area contributed by atoms with E-state index < -0.39 is 5.92 Å². The van der Waals surface area contributed by atoms with Crippen molar-refractivity contribution in [2.45, 2.75) is 45.0 Å². The fourth-order valence-corrected chi connectivity index (χ4v) is 1.44. The molecule has 0 N–H and O–H groups in total. The van der Waals surface area contributed by atoms with Crippen molar-refractivity contribution < 1.29 is 8.78 Å². The van der Waals surface area contributed by atoms with E-state index in [0.29, 0.717) is 18.8 Å². The van der Waals surface area contributed by atoms with Crippen LogP contribution < -0.4 is 0 Å². The normalized spacial score (nSPS) is 33.3. The Morgan fingerprint density at radius 2 is 1.90 bits per heavy atom. The molecule has 0 bridgehead atoms. The molecule has 0 radical (unpaired) electrons. The van der Waals surface area contributed by atoms with Crippen molar-refractivity contribution in [1.29, 1.82) is 0 Å². The topological polar surface area (TPSA) is 0 Å². The summed E-state index contributed by atoms with van der Waals surface area (Å²) in [6.45, 7) is 2.06. The molecule has 60 valence electrons. The second-order valence-electron chi connectivity index (χ2n) is 3.39. The average molecular weight is 148 g/mol. The first kappa shape index (κ1) is 7.96. The van der Waals surface area contributed by atoms with Crippen molar-refractivity contribution in [2.24, 2.45) is 5.92 Å². The monoisotopic (exact) mass is 148 g/mol. The predicted octanol–water partition coefficient (Wildman–Crippen LogP) is 3.22. The maximum Gasteiger partial charge on any atom is 0.248 e. The Hall–Kier alpha value is -0.140. The summed E-state index contributed by atoms with van der Waals surface area (Å²) in [6, 6.07) is 0. The Morgan fingerprint density at radius 1 is 1.20 bits per heavy atom. The lowest BCUT2D eigenvalue weighted by Crippen LogP contribution is -2.13. The summed E-state index contributed by atoms with van der Waals surface area (Å²) >= 11 is 0. The van der Waals surface area contributed by atoms with E-state index in [1.54, 1.807) is 0 Å². The van der Waals surface area contributed by atoms with Gasteiger partial charge in [-0.3, -0.25) is 0 Å². The average Bonchev–Trinajstić information content (AvgIpc) is 1.94. The van der Waals surface area contributed by atoms with E-state index >= 15 is 0 Å². The van der Waals surface area contributed by atoms with Crippen LogP contribution >= 0.6 is 0 Å². The molecule has 0 saturated heterocycles. The smallest absolute Gasteiger partial charge is 0.207 e. The van der Waals surface area contributed by atoms with E-state index in [-0.39, 0.29) is 12.8 Å². The lowest BCUT2D eigenvalue weighted by molar-refractivity contribution is -0.0146. The predicted molar refractivity (Wildman–Crippen MR) is 37.2 cm³/mol. The van der Waals surface area contributed by atoms with Gasteiger partial charge in [0.25, 0.3) is 0 Å². The zero-order valence-electron chi connectivity index (χ0n) is 6.37. The van der Waals surface area contributed by atoms with Gasteiger partial charge in [-0.2, -0.15) is 0 Å². The molecule has 10 heavy (non-hydrogen) atoms. The lowest BCUT2D eigenvalue weighted by Gasteiger charge is -2.11. The summed E-state index contributed by atoms with van der Waals surface area (Å²) in [5, 5.41) is 0. The van der Waals surface area contributed by atoms with Crippen LogP contribution in [0.5, 0.6) is 0 Å². The van der Waals surface area contributed by atoms with E-state index in [0.717, 1.165) is 6.42 Å². The van der Waals surface area contributed by atoms with Crippen LogP contribution in [0.4, 0.5) is 8.78 Å². The highest BCUT2D eigenvalue weighted by Gasteiger charge is 2.30. The minimum atomic E-state index is -2.36. The molecule has 1 rings (SSSR count). The maximum absolute atomic E-state index is 12.6. The van der Waals surface area contributed by atoms with Crippen molar-refractivity contribution in [3.8, 4) is 0 Å². The van der Waals surface area contributed by atoms with Crippen LogP contribution in [-0.4, -0.2) is 5.92 Å². The number of rotatable bonds is 0.